The Morgan fingerprint density at radius 3 is 2.81 bits per heavy atom. The molecule has 0 radical (unpaired) electrons. The van der Waals surface area contributed by atoms with E-state index < -0.39 is 0 Å². The number of aryl methyl sites for hydroxylation is 1. The van der Waals surface area contributed by atoms with E-state index in [1.54, 1.807) is 41.3 Å². The molecular weight excluding hydrogens is 377 g/mol. The molecule has 9 heteroatoms. The number of benzene rings is 1. The highest BCUT2D eigenvalue weighted by Gasteiger charge is 2.11. The number of nitrogens with zero attached hydrogens (tertiary/aromatic N) is 4. The van der Waals surface area contributed by atoms with E-state index >= 15 is 0 Å². The third-order valence-electron chi connectivity index (χ3n) is 3.90. The minimum absolute atomic E-state index is 0.121. The molecule has 136 valence electrons. The molecule has 0 spiro atoms. The molecule has 1 aromatic carbocycles. The van der Waals surface area contributed by atoms with Crippen molar-refractivity contribution in [3.8, 4) is 5.75 Å². The summed E-state index contributed by atoms with van der Waals surface area (Å²) in [6, 6.07) is 6.59. The average molecular weight is 394 g/mol. The van der Waals surface area contributed by atoms with Crippen LogP contribution in [0.4, 0.5) is 0 Å². The molecule has 0 aliphatic carbocycles. The summed E-state index contributed by atoms with van der Waals surface area (Å²) in [5.74, 6) is 0.223. The zero-order valence-electron chi connectivity index (χ0n) is 14.2. The first-order chi connectivity index (χ1) is 12.4. The van der Waals surface area contributed by atoms with Crippen LogP contribution in [0.15, 0.2) is 36.7 Å². The van der Waals surface area contributed by atoms with Gasteiger partial charge in [0, 0.05) is 36.1 Å². The molecule has 0 atom stereocenters. The first-order valence-electron chi connectivity index (χ1n) is 7.81. The number of nitrogens with one attached hydrogen (secondary N) is 1. The molecule has 1 N–H and O–H groups in total. The topological polar surface area (TPSA) is 74.0 Å². The largest absolute Gasteiger partial charge is 0.470 e. The lowest BCUT2D eigenvalue weighted by molar-refractivity contribution is 0.0944. The van der Waals surface area contributed by atoms with Gasteiger partial charge in [0.2, 0.25) is 0 Å². The second-order valence-electron chi connectivity index (χ2n) is 5.65. The van der Waals surface area contributed by atoms with Gasteiger partial charge in [-0.05, 0) is 31.2 Å². The quantitative estimate of drug-likeness (QED) is 0.697. The highest BCUT2D eigenvalue weighted by Crippen LogP contribution is 2.27. The summed E-state index contributed by atoms with van der Waals surface area (Å²) in [7, 11) is 1.86. The van der Waals surface area contributed by atoms with Gasteiger partial charge in [0.25, 0.3) is 5.91 Å². The van der Waals surface area contributed by atoms with Crippen molar-refractivity contribution in [3.05, 3.63) is 63.7 Å². The molecular formula is C17H17Cl2N5O2. The van der Waals surface area contributed by atoms with Crippen molar-refractivity contribution in [3.63, 3.8) is 0 Å². The van der Waals surface area contributed by atoms with E-state index in [-0.39, 0.29) is 12.6 Å². The fourth-order valence-corrected chi connectivity index (χ4v) is 2.73. The number of aromatic nitrogens is 4. The summed E-state index contributed by atoms with van der Waals surface area (Å²) >= 11 is 11.9. The van der Waals surface area contributed by atoms with Crippen LogP contribution >= 0.6 is 23.2 Å². The second kappa shape index (κ2) is 7.80. The molecule has 0 saturated carbocycles. The number of rotatable bonds is 6. The summed E-state index contributed by atoms with van der Waals surface area (Å²) in [5.41, 5.74) is 2.27. The van der Waals surface area contributed by atoms with Crippen LogP contribution in [0.3, 0.4) is 0 Å². The van der Waals surface area contributed by atoms with Crippen LogP contribution in [-0.4, -0.2) is 25.5 Å². The molecule has 0 aliphatic heterocycles. The molecule has 1 amide bonds. The molecule has 0 unspecified atom stereocenters. The molecule has 3 aromatic rings. The predicted molar refractivity (Wildman–Crippen MR) is 98.4 cm³/mol. The van der Waals surface area contributed by atoms with Gasteiger partial charge < -0.3 is 10.1 Å². The minimum Gasteiger partial charge on any atom is -0.470 e. The molecule has 0 bridgehead atoms. The van der Waals surface area contributed by atoms with Gasteiger partial charge in [0.1, 0.15) is 11.4 Å². The Hall–Kier alpha value is -2.51. The smallest absolute Gasteiger partial charge is 0.272 e. The van der Waals surface area contributed by atoms with Gasteiger partial charge in [0.05, 0.1) is 11.2 Å². The van der Waals surface area contributed by atoms with E-state index in [4.69, 9.17) is 27.9 Å². The third kappa shape index (κ3) is 4.17. The zero-order chi connectivity index (χ0) is 18.7. The normalized spacial score (nSPS) is 10.8. The molecule has 3 rings (SSSR count). The number of carbonyl (C=O) groups excluding carboxylic acids is 1. The van der Waals surface area contributed by atoms with Crippen LogP contribution in [0.25, 0.3) is 0 Å². The fraction of sp³-hybridized carbons (Fsp3) is 0.235. The van der Waals surface area contributed by atoms with E-state index in [1.165, 1.54) is 4.68 Å². The van der Waals surface area contributed by atoms with E-state index in [9.17, 15) is 4.79 Å². The first kappa shape index (κ1) is 18.3. The van der Waals surface area contributed by atoms with Crippen LogP contribution in [0.2, 0.25) is 10.0 Å². The Kier molecular flexibility index (Phi) is 5.49. The molecule has 0 saturated heterocycles. The summed E-state index contributed by atoms with van der Waals surface area (Å²) < 4.78 is 8.85. The zero-order valence-corrected chi connectivity index (χ0v) is 15.8. The number of carbonyl (C=O) groups is 1. The Morgan fingerprint density at radius 2 is 2.12 bits per heavy atom. The lowest BCUT2D eigenvalue weighted by Crippen LogP contribution is -2.24. The van der Waals surface area contributed by atoms with Crippen molar-refractivity contribution in [1.29, 1.82) is 0 Å². The van der Waals surface area contributed by atoms with E-state index in [1.807, 2.05) is 14.0 Å². The monoisotopic (exact) mass is 393 g/mol. The van der Waals surface area contributed by atoms with Crippen molar-refractivity contribution in [2.24, 2.45) is 7.05 Å². The Bertz CT molecular complexity index is 935. The number of ether oxygens (including phenoxy) is 1. The third-order valence-corrected chi connectivity index (χ3v) is 4.43. The Morgan fingerprint density at radius 1 is 1.31 bits per heavy atom. The highest BCUT2D eigenvalue weighted by atomic mass is 35.5. The van der Waals surface area contributed by atoms with Gasteiger partial charge in [-0.25, -0.2) is 4.68 Å². The van der Waals surface area contributed by atoms with Gasteiger partial charge in [-0.2, -0.15) is 10.2 Å². The van der Waals surface area contributed by atoms with Crippen molar-refractivity contribution in [2.75, 3.05) is 0 Å². The molecule has 0 fully saturated rings. The van der Waals surface area contributed by atoms with Gasteiger partial charge in [-0.15, -0.1) is 0 Å². The van der Waals surface area contributed by atoms with Crippen LogP contribution in [0.1, 0.15) is 21.7 Å². The van der Waals surface area contributed by atoms with Gasteiger partial charge >= 0.3 is 0 Å². The minimum atomic E-state index is -0.267. The number of hydrogen-bond acceptors (Lipinski definition) is 4. The number of halogens is 2. The van der Waals surface area contributed by atoms with Gasteiger partial charge in [-0.3, -0.25) is 9.48 Å². The standard InChI is InChI=1S/C17H17Cl2N5O2/c1-11-12(9-21-23(11)2)8-20-17(25)15-5-6-24(22-15)10-26-16-4-3-13(18)7-14(16)19/h3-7,9H,8,10H2,1-2H3,(H,20,25). The van der Waals surface area contributed by atoms with Crippen molar-refractivity contribution >= 4 is 29.1 Å². The molecule has 26 heavy (non-hydrogen) atoms. The lowest BCUT2D eigenvalue weighted by atomic mass is 10.2. The van der Waals surface area contributed by atoms with Crippen molar-refractivity contribution in [2.45, 2.75) is 20.2 Å². The number of amides is 1. The van der Waals surface area contributed by atoms with Gasteiger partial charge in [-0.1, -0.05) is 23.2 Å². The summed E-state index contributed by atoms with van der Waals surface area (Å²) in [6.45, 7) is 2.46. The number of hydrogen-bond donors (Lipinski definition) is 1. The van der Waals surface area contributed by atoms with E-state index in [0.717, 1.165) is 11.3 Å². The molecule has 2 heterocycles. The maximum Gasteiger partial charge on any atom is 0.272 e. The fourth-order valence-electron chi connectivity index (χ4n) is 2.27. The summed E-state index contributed by atoms with van der Waals surface area (Å²) in [4.78, 5) is 12.2. The maximum absolute atomic E-state index is 12.2. The Balaban J connectivity index is 1.56. The van der Waals surface area contributed by atoms with E-state index in [0.29, 0.717) is 28.0 Å². The van der Waals surface area contributed by atoms with Crippen molar-refractivity contribution < 1.29 is 9.53 Å². The molecule has 0 aliphatic rings. The summed E-state index contributed by atoms with van der Waals surface area (Å²) in [5, 5.41) is 12.1. The molecule has 7 nitrogen and oxygen atoms in total. The predicted octanol–water partition coefficient (Wildman–Crippen LogP) is 3.20. The molecule has 2 aromatic heterocycles. The lowest BCUT2D eigenvalue weighted by Gasteiger charge is -2.08. The second-order valence-corrected chi connectivity index (χ2v) is 6.49. The van der Waals surface area contributed by atoms with Crippen molar-refractivity contribution in [1.82, 2.24) is 24.9 Å². The van der Waals surface area contributed by atoms with Gasteiger partial charge in [0.15, 0.2) is 6.73 Å². The first-order valence-corrected chi connectivity index (χ1v) is 8.56. The van der Waals surface area contributed by atoms with Crippen LogP contribution < -0.4 is 10.1 Å². The summed E-state index contributed by atoms with van der Waals surface area (Å²) in [6.07, 6.45) is 3.39. The van der Waals surface area contributed by atoms with Crippen LogP contribution in [-0.2, 0) is 20.3 Å². The SMILES string of the molecule is Cc1c(CNC(=O)c2ccn(COc3ccc(Cl)cc3Cl)n2)cnn1C. The average Bonchev–Trinajstić information content (AvgIpc) is 3.20. The van der Waals surface area contributed by atoms with Crippen LogP contribution in [0.5, 0.6) is 5.75 Å². The maximum atomic E-state index is 12.2. The highest BCUT2D eigenvalue weighted by molar-refractivity contribution is 6.35. The van der Waals surface area contributed by atoms with E-state index in [2.05, 4.69) is 15.5 Å². The Labute approximate surface area is 160 Å². The van der Waals surface area contributed by atoms with Crippen LogP contribution in [0, 0.1) is 6.92 Å².